The first-order chi connectivity index (χ1) is 9.19. The molecule has 2 aromatic heterocycles. The van der Waals surface area contributed by atoms with Gasteiger partial charge < -0.3 is 9.47 Å². The van der Waals surface area contributed by atoms with Gasteiger partial charge in [0.25, 0.3) is 0 Å². The van der Waals surface area contributed by atoms with Gasteiger partial charge in [0.2, 0.25) is 0 Å². The van der Waals surface area contributed by atoms with Gasteiger partial charge in [-0.1, -0.05) is 0 Å². The Morgan fingerprint density at radius 3 is 2.89 bits per heavy atom. The number of carbonyl (C=O) groups excluding carboxylic acids is 1. The number of carbonyl (C=O) groups is 1. The first-order valence-electron chi connectivity index (χ1n) is 6.30. The Kier molecular flexibility index (Phi) is 4.11. The Morgan fingerprint density at radius 2 is 2.21 bits per heavy atom. The van der Waals surface area contributed by atoms with E-state index in [1.54, 1.807) is 23.8 Å². The van der Waals surface area contributed by atoms with Crippen LogP contribution in [0.15, 0.2) is 18.6 Å². The zero-order valence-electron chi connectivity index (χ0n) is 11.3. The van der Waals surface area contributed by atoms with Crippen molar-refractivity contribution in [3.05, 3.63) is 29.7 Å². The first kappa shape index (κ1) is 13.5. The molecule has 2 aromatic rings. The van der Waals surface area contributed by atoms with Crippen molar-refractivity contribution in [1.29, 1.82) is 0 Å². The Labute approximate surface area is 111 Å². The van der Waals surface area contributed by atoms with Crippen molar-refractivity contribution >= 4 is 11.6 Å². The number of hydrogen-bond acceptors (Lipinski definition) is 5. The summed E-state index contributed by atoms with van der Waals surface area (Å²) in [6.45, 7) is 6.44. The van der Waals surface area contributed by atoms with Crippen molar-refractivity contribution in [3.63, 3.8) is 0 Å². The van der Waals surface area contributed by atoms with E-state index in [-0.39, 0.29) is 6.10 Å². The molecule has 19 heavy (non-hydrogen) atoms. The van der Waals surface area contributed by atoms with Gasteiger partial charge in [0.1, 0.15) is 0 Å². The summed E-state index contributed by atoms with van der Waals surface area (Å²) < 4.78 is 12.3. The maximum atomic E-state index is 12.0. The minimum atomic E-state index is -0.401. The van der Waals surface area contributed by atoms with Crippen molar-refractivity contribution in [2.24, 2.45) is 0 Å². The number of nitrogens with zero attached hydrogens (tertiary/aromatic N) is 3. The third-order valence-corrected chi connectivity index (χ3v) is 2.78. The lowest BCUT2D eigenvalue weighted by Gasteiger charge is -2.16. The third-order valence-electron chi connectivity index (χ3n) is 2.78. The predicted molar refractivity (Wildman–Crippen MR) is 69.0 cm³/mol. The number of rotatable bonds is 5. The lowest BCUT2D eigenvalue weighted by molar-refractivity contribution is 0.0500. The molecule has 6 heteroatoms. The maximum absolute atomic E-state index is 12.0. The van der Waals surface area contributed by atoms with Crippen LogP contribution in [0.25, 0.3) is 5.65 Å². The molecule has 0 N–H and O–H groups in total. The van der Waals surface area contributed by atoms with Gasteiger partial charge in [-0.3, -0.25) is 0 Å². The molecule has 0 fully saturated rings. The highest BCUT2D eigenvalue weighted by Crippen LogP contribution is 2.25. The largest absolute Gasteiger partial charge is 0.462 e. The van der Waals surface area contributed by atoms with Gasteiger partial charge in [-0.05, 0) is 20.8 Å². The van der Waals surface area contributed by atoms with E-state index in [4.69, 9.17) is 9.47 Å². The Bertz CT molecular complexity index is 580. The molecule has 0 spiro atoms. The summed E-state index contributed by atoms with van der Waals surface area (Å²) in [5.74, 6) is -0.401. The fraction of sp³-hybridized carbons (Fsp3) is 0.462. The van der Waals surface area contributed by atoms with Crippen LogP contribution in [0.5, 0.6) is 0 Å². The van der Waals surface area contributed by atoms with Crippen LogP contribution in [0, 0.1) is 0 Å². The van der Waals surface area contributed by atoms with E-state index in [1.807, 2.05) is 13.8 Å². The highest BCUT2D eigenvalue weighted by atomic mass is 16.5. The standard InChI is InChI=1S/C13H17N3O3/c1-4-18-9(3)11-10(13(17)19-5-2)8-15-16-7-6-14-12(11)16/h6-9H,4-5H2,1-3H3/t9-/m1/s1. The zero-order valence-corrected chi connectivity index (χ0v) is 11.3. The topological polar surface area (TPSA) is 65.7 Å². The molecule has 0 saturated heterocycles. The molecule has 0 unspecified atom stereocenters. The minimum absolute atomic E-state index is 0.252. The molecule has 0 aliphatic heterocycles. The van der Waals surface area contributed by atoms with Crippen molar-refractivity contribution in [2.75, 3.05) is 13.2 Å². The molecule has 2 heterocycles. The molecule has 0 radical (unpaired) electrons. The zero-order chi connectivity index (χ0) is 13.8. The molecule has 0 saturated carbocycles. The molecule has 0 aromatic carbocycles. The average molecular weight is 263 g/mol. The highest BCUT2D eigenvalue weighted by Gasteiger charge is 2.22. The van der Waals surface area contributed by atoms with Gasteiger partial charge in [0.05, 0.1) is 24.5 Å². The van der Waals surface area contributed by atoms with Crippen LogP contribution >= 0.6 is 0 Å². The molecule has 1 atom stereocenters. The van der Waals surface area contributed by atoms with Crippen molar-refractivity contribution in [1.82, 2.24) is 14.6 Å². The van der Waals surface area contributed by atoms with Crippen LogP contribution in [-0.2, 0) is 9.47 Å². The Hall–Kier alpha value is -1.95. The van der Waals surface area contributed by atoms with E-state index in [1.165, 1.54) is 6.20 Å². The number of hydrogen-bond donors (Lipinski definition) is 0. The first-order valence-corrected chi connectivity index (χ1v) is 6.30. The summed E-state index contributed by atoms with van der Waals surface area (Å²) in [6, 6.07) is 0. The second-order valence-electron chi connectivity index (χ2n) is 3.99. The third kappa shape index (κ3) is 2.58. The number of fused-ring (bicyclic) bond motifs is 1. The molecule has 2 rings (SSSR count). The van der Waals surface area contributed by atoms with E-state index in [0.717, 1.165) is 0 Å². The van der Waals surface area contributed by atoms with E-state index in [2.05, 4.69) is 10.1 Å². The lowest BCUT2D eigenvalue weighted by atomic mass is 10.1. The van der Waals surface area contributed by atoms with Gasteiger partial charge in [0.15, 0.2) is 5.65 Å². The van der Waals surface area contributed by atoms with Gasteiger partial charge in [-0.25, -0.2) is 14.3 Å². The van der Waals surface area contributed by atoms with Crippen molar-refractivity contribution < 1.29 is 14.3 Å². The van der Waals surface area contributed by atoms with Crippen LogP contribution in [0.3, 0.4) is 0 Å². The second kappa shape index (κ2) is 5.79. The molecule has 0 aliphatic rings. The number of ether oxygens (including phenoxy) is 2. The number of esters is 1. The summed E-state index contributed by atoms with van der Waals surface area (Å²) >= 11 is 0. The Morgan fingerprint density at radius 1 is 1.42 bits per heavy atom. The van der Waals surface area contributed by atoms with Crippen LogP contribution in [0.1, 0.15) is 42.8 Å². The van der Waals surface area contributed by atoms with E-state index >= 15 is 0 Å². The van der Waals surface area contributed by atoms with Crippen LogP contribution in [0.4, 0.5) is 0 Å². The fourth-order valence-electron chi connectivity index (χ4n) is 2.00. The highest BCUT2D eigenvalue weighted by molar-refractivity contribution is 5.92. The fourth-order valence-corrected chi connectivity index (χ4v) is 2.00. The predicted octanol–water partition coefficient (Wildman–Crippen LogP) is 2.00. The normalized spacial score (nSPS) is 12.6. The molecule has 102 valence electrons. The van der Waals surface area contributed by atoms with E-state index in [9.17, 15) is 4.79 Å². The van der Waals surface area contributed by atoms with Crippen molar-refractivity contribution in [3.8, 4) is 0 Å². The van der Waals surface area contributed by atoms with Gasteiger partial charge in [-0.2, -0.15) is 5.10 Å². The Balaban J connectivity index is 2.55. The van der Waals surface area contributed by atoms with Crippen LogP contribution in [0.2, 0.25) is 0 Å². The monoisotopic (exact) mass is 263 g/mol. The minimum Gasteiger partial charge on any atom is -0.462 e. The SMILES string of the molecule is CCOC(=O)c1cnn2ccnc2c1[C@@H](C)OCC. The number of aromatic nitrogens is 3. The summed E-state index contributed by atoms with van der Waals surface area (Å²) in [5, 5.41) is 4.15. The maximum Gasteiger partial charge on any atom is 0.340 e. The number of imidazole rings is 1. The summed E-state index contributed by atoms with van der Waals surface area (Å²) in [4.78, 5) is 16.2. The van der Waals surface area contributed by atoms with Gasteiger partial charge in [0, 0.05) is 24.6 Å². The quantitative estimate of drug-likeness (QED) is 0.772. The summed E-state index contributed by atoms with van der Waals surface area (Å²) in [7, 11) is 0. The van der Waals surface area contributed by atoms with Crippen LogP contribution in [-0.4, -0.2) is 33.8 Å². The smallest absolute Gasteiger partial charge is 0.340 e. The molecule has 6 nitrogen and oxygen atoms in total. The van der Waals surface area contributed by atoms with Gasteiger partial charge >= 0.3 is 5.97 Å². The van der Waals surface area contributed by atoms with Gasteiger partial charge in [-0.15, -0.1) is 0 Å². The lowest BCUT2D eigenvalue weighted by Crippen LogP contribution is -2.14. The van der Waals surface area contributed by atoms with Crippen LogP contribution < -0.4 is 0 Å². The van der Waals surface area contributed by atoms with E-state index in [0.29, 0.717) is 30.0 Å². The molecular formula is C13H17N3O3. The summed E-state index contributed by atoms with van der Waals surface area (Å²) in [6.07, 6.45) is 4.61. The summed E-state index contributed by atoms with van der Waals surface area (Å²) in [5.41, 5.74) is 1.73. The second-order valence-corrected chi connectivity index (χ2v) is 3.99. The molecule has 0 aliphatic carbocycles. The molecule has 0 bridgehead atoms. The van der Waals surface area contributed by atoms with E-state index < -0.39 is 5.97 Å². The molecular weight excluding hydrogens is 246 g/mol. The average Bonchev–Trinajstić information content (AvgIpc) is 2.86. The van der Waals surface area contributed by atoms with Crippen molar-refractivity contribution in [2.45, 2.75) is 26.9 Å². The molecule has 0 amide bonds.